The average molecular weight is 443 g/mol. The van der Waals surface area contributed by atoms with Gasteiger partial charge >= 0.3 is 0 Å². The number of hydrogen-bond donors (Lipinski definition) is 3. The van der Waals surface area contributed by atoms with Gasteiger partial charge in [0.15, 0.2) is 0 Å². The molecule has 0 bridgehead atoms. The molecule has 1 aliphatic heterocycles. The third-order valence-electron chi connectivity index (χ3n) is 6.22. The Morgan fingerprint density at radius 3 is 1.90 bits per heavy atom. The molecule has 0 saturated carbocycles. The Kier molecular flexibility index (Phi) is 18.6. The zero-order chi connectivity index (χ0) is 22.6. The van der Waals surface area contributed by atoms with E-state index in [-0.39, 0.29) is 6.61 Å². The van der Waals surface area contributed by atoms with Crippen LogP contribution in [-0.4, -0.2) is 59.6 Å². The van der Waals surface area contributed by atoms with Crippen molar-refractivity contribution in [1.82, 2.24) is 0 Å². The minimum absolute atomic E-state index is 0.276. The zero-order valence-electron chi connectivity index (χ0n) is 20.1. The van der Waals surface area contributed by atoms with Crippen molar-refractivity contribution >= 4 is 0 Å². The summed E-state index contributed by atoms with van der Waals surface area (Å²) in [6, 6.07) is 0. The molecule has 0 aromatic heterocycles. The van der Waals surface area contributed by atoms with Gasteiger partial charge in [-0.2, -0.15) is 0 Å². The summed E-state index contributed by atoms with van der Waals surface area (Å²) >= 11 is 0. The summed E-state index contributed by atoms with van der Waals surface area (Å²) < 4.78 is 11.0. The second kappa shape index (κ2) is 20.2. The molecule has 5 nitrogen and oxygen atoms in total. The van der Waals surface area contributed by atoms with E-state index in [4.69, 9.17) is 14.6 Å². The molecule has 1 aliphatic rings. The minimum atomic E-state index is -1.05. The van der Waals surface area contributed by atoms with E-state index in [9.17, 15) is 10.2 Å². The van der Waals surface area contributed by atoms with Gasteiger partial charge in [-0.05, 0) is 32.1 Å². The molecule has 0 aromatic carbocycles. The second-order valence-electron chi connectivity index (χ2n) is 9.09. The number of aliphatic hydroxyl groups is 3. The van der Waals surface area contributed by atoms with E-state index in [0.717, 1.165) is 12.8 Å². The highest BCUT2D eigenvalue weighted by atomic mass is 16.6. The molecule has 1 saturated heterocycles. The molecule has 3 N–H and O–H groups in total. The standard InChI is InChI=1S/C26H50O5/c1-2-3-4-5-6-7-8-9-10-11-12-13-14-15-16-17-18-19-20-30-24-22-31-26(25(24)29)23(28)21-27/h8-9,23-29H,2-7,10-22H2,1H3/b9-8+/t23-,24+,25-,26-/m0/s1. The van der Waals surface area contributed by atoms with Crippen LogP contribution in [-0.2, 0) is 9.47 Å². The van der Waals surface area contributed by atoms with Crippen molar-refractivity contribution in [2.75, 3.05) is 19.8 Å². The largest absolute Gasteiger partial charge is 0.394 e. The molecule has 0 unspecified atom stereocenters. The first-order valence-corrected chi connectivity index (χ1v) is 13.1. The molecule has 0 aromatic rings. The van der Waals surface area contributed by atoms with Gasteiger partial charge < -0.3 is 24.8 Å². The van der Waals surface area contributed by atoms with E-state index in [1.165, 1.54) is 89.9 Å². The molecule has 1 heterocycles. The Hall–Kier alpha value is -0.460. The molecule has 0 spiro atoms. The summed E-state index contributed by atoms with van der Waals surface area (Å²) in [5.74, 6) is 0. The molecule has 1 fully saturated rings. The van der Waals surface area contributed by atoms with E-state index in [2.05, 4.69) is 19.1 Å². The van der Waals surface area contributed by atoms with Gasteiger partial charge in [0.2, 0.25) is 0 Å². The molecular weight excluding hydrogens is 392 g/mol. The highest BCUT2D eigenvalue weighted by Gasteiger charge is 2.40. The van der Waals surface area contributed by atoms with Crippen LogP contribution < -0.4 is 0 Å². The first-order valence-electron chi connectivity index (χ1n) is 13.1. The highest BCUT2D eigenvalue weighted by molar-refractivity contribution is 4.88. The van der Waals surface area contributed by atoms with E-state index in [1.807, 2.05) is 0 Å². The quantitative estimate of drug-likeness (QED) is 0.166. The minimum Gasteiger partial charge on any atom is -0.394 e. The molecule has 0 amide bonds. The smallest absolute Gasteiger partial charge is 0.114 e. The fraction of sp³-hybridized carbons (Fsp3) is 0.923. The van der Waals surface area contributed by atoms with Gasteiger partial charge in [0.1, 0.15) is 24.4 Å². The van der Waals surface area contributed by atoms with Gasteiger partial charge in [-0.15, -0.1) is 0 Å². The number of aliphatic hydroxyl groups excluding tert-OH is 3. The third-order valence-corrected chi connectivity index (χ3v) is 6.22. The van der Waals surface area contributed by atoms with Gasteiger partial charge in [0.25, 0.3) is 0 Å². The average Bonchev–Trinajstić information content (AvgIpc) is 3.15. The van der Waals surface area contributed by atoms with Gasteiger partial charge in [0, 0.05) is 6.61 Å². The highest BCUT2D eigenvalue weighted by Crippen LogP contribution is 2.20. The Morgan fingerprint density at radius 1 is 0.839 bits per heavy atom. The maximum Gasteiger partial charge on any atom is 0.114 e. The van der Waals surface area contributed by atoms with Crippen molar-refractivity contribution in [2.24, 2.45) is 0 Å². The fourth-order valence-corrected chi connectivity index (χ4v) is 4.14. The Bertz CT molecular complexity index is 415. The molecule has 0 aliphatic carbocycles. The molecule has 5 heteroatoms. The Morgan fingerprint density at radius 2 is 1.35 bits per heavy atom. The number of allylic oxidation sites excluding steroid dienone is 2. The number of rotatable bonds is 21. The van der Waals surface area contributed by atoms with E-state index >= 15 is 0 Å². The fourth-order valence-electron chi connectivity index (χ4n) is 4.14. The Labute approximate surface area is 191 Å². The van der Waals surface area contributed by atoms with Crippen LogP contribution in [0.15, 0.2) is 12.2 Å². The first-order chi connectivity index (χ1) is 15.2. The van der Waals surface area contributed by atoms with E-state index in [1.54, 1.807) is 0 Å². The lowest BCUT2D eigenvalue weighted by Crippen LogP contribution is -2.41. The van der Waals surface area contributed by atoms with Gasteiger partial charge in [-0.1, -0.05) is 89.7 Å². The van der Waals surface area contributed by atoms with Crippen LogP contribution >= 0.6 is 0 Å². The summed E-state index contributed by atoms with van der Waals surface area (Å²) in [6.07, 6.45) is 22.4. The zero-order valence-corrected chi connectivity index (χ0v) is 20.1. The van der Waals surface area contributed by atoms with Gasteiger partial charge in [-0.3, -0.25) is 0 Å². The van der Waals surface area contributed by atoms with Crippen molar-refractivity contribution < 1.29 is 24.8 Å². The number of ether oxygens (including phenoxy) is 2. The predicted molar refractivity (Wildman–Crippen MR) is 127 cm³/mol. The summed E-state index contributed by atoms with van der Waals surface area (Å²) in [5.41, 5.74) is 0. The van der Waals surface area contributed by atoms with Gasteiger partial charge in [-0.25, -0.2) is 0 Å². The molecular formula is C26H50O5. The van der Waals surface area contributed by atoms with Crippen LogP contribution in [0, 0.1) is 0 Å². The third kappa shape index (κ3) is 14.3. The van der Waals surface area contributed by atoms with Crippen LogP contribution in [0.5, 0.6) is 0 Å². The second-order valence-corrected chi connectivity index (χ2v) is 9.09. The Balaban J connectivity index is 1.79. The number of unbranched alkanes of at least 4 members (excludes halogenated alkanes) is 14. The monoisotopic (exact) mass is 442 g/mol. The van der Waals surface area contributed by atoms with E-state index in [0.29, 0.717) is 6.61 Å². The number of hydrogen-bond acceptors (Lipinski definition) is 5. The molecule has 0 radical (unpaired) electrons. The van der Waals surface area contributed by atoms with Crippen LogP contribution in [0.3, 0.4) is 0 Å². The van der Waals surface area contributed by atoms with Crippen molar-refractivity contribution in [3.63, 3.8) is 0 Å². The maximum absolute atomic E-state index is 10.1. The van der Waals surface area contributed by atoms with Crippen molar-refractivity contribution in [3.8, 4) is 0 Å². The first kappa shape index (κ1) is 28.6. The van der Waals surface area contributed by atoms with Crippen LogP contribution in [0.1, 0.15) is 110 Å². The molecule has 184 valence electrons. The topological polar surface area (TPSA) is 79.2 Å². The normalized spacial score (nSPS) is 22.5. The summed E-state index contributed by atoms with van der Waals surface area (Å²) in [4.78, 5) is 0. The van der Waals surface area contributed by atoms with Crippen molar-refractivity contribution in [2.45, 2.75) is 134 Å². The predicted octanol–water partition coefficient (Wildman–Crippen LogP) is 5.30. The SMILES string of the molecule is CCCCCCC/C=C/CCCCCCCCCCCO[C@@H]1CO[C@@H]([C@@H](O)CO)[C@H]1O. The van der Waals surface area contributed by atoms with Crippen LogP contribution in [0.25, 0.3) is 0 Å². The summed E-state index contributed by atoms with van der Waals surface area (Å²) in [6.45, 7) is 2.74. The van der Waals surface area contributed by atoms with Crippen molar-refractivity contribution in [1.29, 1.82) is 0 Å². The molecule has 1 rings (SSSR count). The summed E-state index contributed by atoms with van der Waals surface area (Å²) in [7, 11) is 0. The molecule has 4 atom stereocenters. The lowest BCUT2D eigenvalue weighted by Gasteiger charge is -2.20. The lowest BCUT2D eigenvalue weighted by molar-refractivity contribution is -0.0730. The van der Waals surface area contributed by atoms with Crippen molar-refractivity contribution in [3.05, 3.63) is 12.2 Å². The van der Waals surface area contributed by atoms with Crippen LogP contribution in [0.2, 0.25) is 0 Å². The van der Waals surface area contributed by atoms with Crippen LogP contribution in [0.4, 0.5) is 0 Å². The molecule has 31 heavy (non-hydrogen) atoms. The van der Waals surface area contributed by atoms with E-state index < -0.39 is 31.0 Å². The maximum atomic E-state index is 10.1. The van der Waals surface area contributed by atoms with Gasteiger partial charge in [0.05, 0.1) is 13.2 Å². The lowest BCUT2D eigenvalue weighted by atomic mass is 10.1. The summed E-state index contributed by atoms with van der Waals surface area (Å²) in [5, 5.41) is 28.6.